The number of aliphatic carboxylic acids is 1. The van der Waals surface area contributed by atoms with Crippen molar-refractivity contribution in [1.82, 2.24) is 10.2 Å². The number of amides is 2. The second kappa shape index (κ2) is 7.47. The van der Waals surface area contributed by atoms with Gasteiger partial charge < -0.3 is 20.1 Å². The van der Waals surface area contributed by atoms with Gasteiger partial charge in [-0.05, 0) is 46.0 Å². The molecular formula is C14H26N2O4. The number of rotatable bonds is 8. The number of nitrogens with one attached hydrogen (secondary N) is 1. The van der Waals surface area contributed by atoms with Gasteiger partial charge in [-0.25, -0.2) is 4.79 Å². The summed E-state index contributed by atoms with van der Waals surface area (Å²) < 4.78 is 5.47. The highest BCUT2D eigenvalue weighted by Gasteiger charge is 2.28. The summed E-state index contributed by atoms with van der Waals surface area (Å²) in [6.45, 7) is 7.09. The van der Waals surface area contributed by atoms with E-state index in [1.165, 1.54) is 17.7 Å². The average molecular weight is 286 g/mol. The van der Waals surface area contributed by atoms with Crippen LogP contribution in [-0.4, -0.2) is 53.8 Å². The van der Waals surface area contributed by atoms with Gasteiger partial charge in [0.25, 0.3) is 0 Å². The van der Waals surface area contributed by atoms with Gasteiger partial charge in [-0.15, -0.1) is 0 Å². The van der Waals surface area contributed by atoms with Crippen LogP contribution in [0.2, 0.25) is 0 Å². The van der Waals surface area contributed by atoms with Gasteiger partial charge in [0.2, 0.25) is 0 Å². The fraction of sp³-hybridized carbons (Fsp3) is 0.857. The third-order valence-corrected chi connectivity index (χ3v) is 3.14. The third kappa shape index (κ3) is 6.75. The quantitative estimate of drug-likeness (QED) is 0.666. The molecule has 2 amide bonds. The van der Waals surface area contributed by atoms with Gasteiger partial charge in [-0.1, -0.05) is 0 Å². The topological polar surface area (TPSA) is 78.9 Å². The number of hydrogen-bond acceptors (Lipinski definition) is 3. The molecule has 0 aliphatic heterocycles. The van der Waals surface area contributed by atoms with Crippen molar-refractivity contribution in [3.05, 3.63) is 0 Å². The van der Waals surface area contributed by atoms with Crippen molar-refractivity contribution in [3.8, 4) is 0 Å². The average Bonchev–Trinajstić information content (AvgIpc) is 3.12. The van der Waals surface area contributed by atoms with Crippen molar-refractivity contribution in [2.24, 2.45) is 5.92 Å². The first-order chi connectivity index (χ1) is 9.30. The monoisotopic (exact) mass is 286 g/mol. The molecule has 0 bridgehead atoms. The summed E-state index contributed by atoms with van der Waals surface area (Å²) >= 11 is 0. The zero-order valence-electron chi connectivity index (χ0n) is 12.6. The van der Waals surface area contributed by atoms with Gasteiger partial charge in [-0.3, -0.25) is 4.79 Å². The Morgan fingerprint density at radius 2 is 2.00 bits per heavy atom. The van der Waals surface area contributed by atoms with E-state index in [0.29, 0.717) is 13.2 Å². The number of carbonyl (C=O) groups excluding carboxylic acids is 1. The van der Waals surface area contributed by atoms with Crippen molar-refractivity contribution < 1.29 is 19.4 Å². The summed E-state index contributed by atoms with van der Waals surface area (Å²) in [5, 5.41) is 11.6. The minimum absolute atomic E-state index is 0.298. The summed E-state index contributed by atoms with van der Waals surface area (Å²) in [5.41, 5.74) is -0.523. The lowest BCUT2D eigenvalue weighted by Crippen LogP contribution is -2.52. The number of carbonyl (C=O) groups is 2. The first-order valence-electron chi connectivity index (χ1n) is 7.15. The molecule has 0 radical (unpaired) electrons. The molecule has 0 atom stereocenters. The van der Waals surface area contributed by atoms with Gasteiger partial charge in [-0.2, -0.15) is 0 Å². The van der Waals surface area contributed by atoms with Crippen LogP contribution in [0.25, 0.3) is 0 Å². The second-order valence-electron chi connectivity index (χ2n) is 6.25. The SMILES string of the molecule is CC(C)(C)N(CC(=O)O)C(=O)NCCCOCC1CC1. The molecule has 0 aromatic carbocycles. The number of hydrogen-bond donors (Lipinski definition) is 2. The molecule has 0 heterocycles. The molecule has 0 aromatic heterocycles. The van der Waals surface area contributed by atoms with Crippen LogP contribution in [0.4, 0.5) is 4.79 Å². The second-order valence-corrected chi connectivity index (χ2v) is 6.25. The highest BCUT2D eigenvalue weighted by Crippen LogP contribution is 2.28. The van der Waals surface area contributed by atoms with E-state index >= 15 is 0 Å². The molecule has 2 N–H and O–H groups in total. The summed E-state index contributed by atoms with van der Waals surface area (Å²) in [6.07, 6.45) is 3.28. The molecule has 1 fully saturated rings. The molecule has 0 spiro atoms. The molecule has 6 heteroatoms. The number of ether oxygens (including phenoxy) is 1. The van der Waals surface area contributed by atoms with Crippen LogP contribution in [0.1, 0.15) is 40.0 Å². The highest BCUT2D eigenvalue weighted by molar-refractivity contribution is 5.80. The zero-order valence-corrected chi connectivity index (χ0v) is 12.6. The molecule has 0 aromatic rings. The molecular weight excluding hydrogens is 260 g/mol. The van der Waals surface area contributed by atoms with Gasteiger partial charge in [0.1, 0.15) is 6.54 Å². The molecule has 0 saturated heterocycles. The Morgan fingerprint density at radius 1 is 1.35 bits per heavy atom. The van der Waals surface area contributed by atoms with Crippen LogP contribution in [0.3, 0.4) is 0 Å². The van der Waals surface area contributed by atoms with E-state index < -0.39 is 11.5 Å². The molecule has 0 unspecified atom stereocenters. The minimum atomic E-state index is -1.01. The van der Waals surface area contributed by atoms with E-state index in [1.807, 2.05) is 20.8 Å². The normalized spacial score (nSPS) is 14.9. The Balaban J connectivity index is 2.21. The Hall–Kier alpha value is -1.30. The summed E-state index contributed by atoms with van der Waals surface area (Å²) in [4.78, 5) is 24.1. The van der Waals surface area contributed by atoms with Crippen molar-refractivity contribution >= 4 is 12.0 Å². The molecule has 116 valence electrons. The predicted octanol–water partition coefficient (Wildman–Crippen LogP) is 1.70. The first kappa shape index (κ1) is 16.8. The predicted molar refractivity (Wildman–Crippen MR) is 75.7 cm³/mol. The summed E-state index contributed by atoms with van der Waals surface area (Å²) in [5.74, 6) is -0.264. The van der Waals surface area contributed by atoms with E-state index in [4.69, 9.17) is 9.84 Å². The van der Waals surface area contributed by atoms with E-state index in [9.17, 15) is 9.59 Å². The Labute approximate surface area is 120 Å². The smallest absolute Gasteiger partial charge is 0.323 e. The molecule has 1 aliphatic rings. The lowest BCUT2D eigenvalue weighted by atomic mass is 10.1. The number of carboxylic acid groups (broad SMARTS) is 1. The van der Waals surface area contributed by atoms with Crippen LogP contribution in [0.15, 0.2) is 0 Å². The van der Waals surface area contributed by atoms with Crippen LogP contribution in [0, 0.1) is 5.92 Å². The van der Waals surface area contributed by atoms with Crippen LogP contribution in [0.5, 0.6) is 0 Å². The van der Waals surface area contributed by atoms with Crippen molar-refractivity contribution in [2.45, 2.75) is 45.6 Å². The van der Waals surface area contributed by atoms with E-state index in [0.717, 1.165) is 18.9 Å². The van der Waals surface area contributed by atoms with E-state index in [-0.39, 0.29) is 12.6 Å². The lowest BCUT2D eigenvalue weighted by molar-refractivity contribution is -0.138. The maximum atomic E-state index is 12.0. The number of carboxylic acids is 1. The van der Waals surface area contributed by atoms with Gasteiger partial charge in [0.15, 0.2) is 0 Å². The standard InChI is InChI=1S/C14H26N2O4/c1-14(2,3)16(9-12(17)18)13(19)15-7-4-8-20-10-11-5-6-11/h11H,4-10H2,1-3H3,(H,15,19)(H,17,18). The molecule has 6 nitrogen and oxygen atoms in total. The van der Waals surface area contributed by atoms with Gasteiger partial charge >= 0.3 is 12.0 Å². The Morgan fingerprint density at radius 3 is 2.50 bits per heavy atom. The van der Waals surface area contributed by atoms with Crippen LogP contribution in [-0.2, 0) is 9.53 Å². The number of nitrogens with zero attached hydrogens (tertiary/aromatic N) is 1. The van der Waals surface area contributed by atoms with Crippen molar-refractivity contribution in [2.75, 3.05) is 26.3 Å². The lowest BCUT2D eigenvalue weighted by Gasteiger charge is -2.34. The molecule has 1 aliphatic carbocycles. The summed E-state index contributed by atoms with van der Waals surface area (Å²) in [6, 6.07) is -0.345. The van der Waals surface area contributed by atoms with Gasteiger partial charge in [0.05, 0.1) is 0 Å². The van der Waals surface area contributed by atoms with Crippen molar-refractivity contribution in [3.63, 3.8) is 0 Å². The third-order valence-electron chi connectivity index (χ3n) is 3.14. The van der Waals surface area contributed by atoms with Crippen molar-refractivity contribution in [1.29, 1.82) is 0 Å². The van der Waals surface area contributed by atoms with E-state index in [2.05, 4.69) is 5.32 Å². The Bertz CT molecular complexity index is 335. The minimum Gasteiger partial charge on any atom is -0.480 e. The first-order valence-corrected chi connectivity index (χ1v) is 7.15. The zero-order chi connectivity index (χ0) is 15.2. The summed E-state index contributed by atoms with van der Waals surface area (Å²) in [7, 11) is 0. The maximum absolute atomic E-state index is 12.0. The Kier molecular flexibility index (Phi) is 6.26. The highest BCUT2D eigenvalue weighted by atomic mass is 16.5. The molecule has 20 heavy (non-hydrogen) atoms. The maximum Gasteiger partial charge on any atom is 0.323 e. The van der Waals surface area contributed by atoms with Crippen LogP contribution < -0.4 is 5.32 Å². The fourth-order valence-electron chi connectivity index (χ4n) is 1.75. The molecule has 1 saturated carbocycles. The molecule has 1 rings (SSSR count). The van der Waals surface area contributed by atoms with Crippen LogP contribution >= 0.6 is 0 Å². The van der Waals surface area contributed by atoms with Gasteiger partial charge in [0, 0.05) is 25.3 Å². The fourth-order valence-corrected chi connectivity index (χ4v) is 1.75. The van der Waals surface area contributed by atoms with E-state index in [1.54, 1.807) is 0 Å². The number of urea groups is 1. The largest absolute Gasteiger partial charge is 0.480 e.